The van der Waals surface area contributed by atoms with Gasteiger partial charge in [0.1, 0.15) is 0 Å². The molecule has 0 radical (unpaired) electrons. The Morgan fingerprint density at radius 2 is 1.53 bits per heavy atom. The molecule has 2 rings (SSSR count). The Kier molecular flexibility index (Phi) is 2.63. The molecule has 2 aliphatic rings. The van der Waals surface area contributed by atoms with Crippen molar-refractivity contribution in [1.29, 1.82) is 5.26 Å². The SMILES string of the molecule is CC(C)(C)C1(C#N)CCC2(CC1)CS(=O)(=O)C2. The van der Waals surface area contributed by atoms with Gasteiger partial charge in [-0.25, -0.2) is 8.42 Å². The zero-order valence-corrected chi connectivity index (χ0v) is 11.7. The normalized spacial score (nSPS) is 29.3. The second-order valence-corrected chi connectivity index (χ2v) is 9.04. The molecule has 17 heavy (non-hydrogen) atoms. The molecule has 0 atom stereocenters. The van der Waals surface area contributed by atoms with Gasteiger partial charge in [-0.15, -0.1) is 0 Å². The predicted molar refractivity (Wildman–Crippen MR) is 67.1 cm³/mol. The smallest absolute Gasteiger partial charge is 0.151 e. The number of hydrogen-bond acceptors (Lipinski definition) is 3. The van der Waals surface area contributed by atoms with E-state index in [2.05, 4.69) is 26.8 Å². The maximum atomic E-state index is 11.3. The lowest BCUT2D eigenvalue weighted by atomic mass is 9.56. The van der Waals surface area contributed by atoms with Crippen LogP contribution in [0.25, 0.3) is 0 Å². The molecular weight excluding hydrogens is 234 g/mol. The number of rotatable bonds is 0. The number of nitrogens with zero attached hydrogens (tertiary/aromatic N) is 1. The number of nitriles is 1. The van der Waals surface area contributed by atoms with Crippen molar-refractivity contribution in [3.63, 3.8) is 0 Å². The Labute approximate surface area is 104 Å². The molecule has 1 saturated heterocycles. The quantitative estimate of drug-likeness (QED) is 0.668. The minimum atomic E-state index is -2.75. The molecule has 2 fully saturated rings. The van der Waals surface area contributed by atoms with E-state index in [1.165, 1.54) is 0 Å². The van der Waals surface area contributed by atoms with Crippen LogP contribution < -0.4 is 0 Å². The number of sulfone groups is 1. The van der Waals surface area contributed by atoms with Crippen LogP contribution in [0.3, 0.4) is 0 Å². The Balaban J connectivity index is 2.11. The van der Waals surface area contributed by atoms with E-state index in [1.807, 2.05) is 0 Å². The van der Waals surface area contributed by atoms with E-state index in [9.17, 15) is 13.7 Å². The molecule has 0 unspecified atom stereocenters. The van der Waals surface area contributed by atoms with Crippen LogP contribution in [0.1, 0.15) is 46.5 Å². The van der Waals surface area contributed by atoms with Crippen LogP contribution in [0.2, 0.25) is 0 Å². The Bertz CT molecular complexity index is 443. The topological polar surface area (TPSA) is 57.9 Å². The van der Waals surface area contributed by atoms with E-state index < -0.39 is 9.84 Å². The fraction of sp³-hybridized carbons (Fsp3) is 0.923. The summed E-state index contributed by atoms with van der Waals surface area (Å²) in [5, 5.41) is 9.47. The van der Waals surface area contributed by atoms with Gasteiger partial charge in [0.2, 0.25) is 0 Å². The monoisotopic (exact) mass is 255 g/mol. The minimum absolute atomic E-state index is 0.0183. The third kappa shape index (κ3) is 1.99. The summed E-state index contributed by atoms with van der Waals surface area (Å²) in [6.45, 7) is 6.35. The van der Waals surface area contributed by atoms with E-state index >= 15 is 0 Å². The lowest BCUT2D eigenvalue weighted by molar-refractivity contribution is 0.0480. The molecule has 0 aromatic rings. The molecule has 0 aromatic carbocycles. The van der Waals surface area contributed by atoms with Gasteiger partial charge >= 0.3 is 0 Å². The summed E-state index contributed by atoms with van der Waals surface area (Å²) in [6.07, 6.45) is 3.50. The molecule has 1 aliphatic heterocycles. The van der Waals surface area contributed by atoms with Gasteiger partial charge in [0.05, 0.1) is 23.0 Å². The Morgan fingerprint density at radius 3 is 1.82 bits per heavy atom. The summed E-state index contributed by atoms with van der Waals surface area (Å²) in [5.41, 5.74) is -0.270. The first kappa shape index (κ1) is 12.9. The van der Waals surface area contributed by atoms with Crippen molar-refractivity contribution in [2.75, 3.05) is 11.5 Å². The fourth-order valence-corrected chi connectivity index (χ4v) is 5.77. The summed E-state index contributed by atoms with van der Waals surface area (Å²) >= 11 is 0. The third-order valence-electron chi connectivity index (χ3n) is 4.87. The molecular formula is C13H21NO2S. The van der Waals surface area contributed by atoms with Gasteiger partial charge in [0, 0.05) is 0 Å². The van der Waals surface area contributed by atoms with Gasteiger partial charge in [-0.05, 0) is 36.5 Å². The van der Waals surface area contributed by atoms with Crippen LogP contribution in [0, 0.1) is 27.6 Å². The van der Waals surface area contributed by atoms with Gasteiger partial charge in [0.15, 0.2) is 9.84 Å². The van der Waals surface area contributed by atoms with E-state index in [-0.39, 0.29) is 16.2 Å². The molecule has 96 valence electrons. The van der Waals surface area contributed by atoms with Crippen molar-refractivity contribution >= 4 is 9.84 Å². The van der Waals surface area contributed by atoms with Gasteiger partial charge in [-0.1, -0.05) is 20.8 Å². The summed E-state index contributed by atoms with van der Waals surface area (Å²) in [6, 6.07) is 2.51. The van der Waals surface area contributed by atoms with E-state index in [4.69, 9.17) is 0 Å². The third-order valence-corrected chi connectivity index (χ3v) is 6.97. The molecule has 1 saturated carbocycles. The first-order chi connectivity index (χ1) is 7.64. The van der Waals surface area contributed by atoms with Crippen molar-refractivity contribution in [3.8, 4) is 6.07 Å². The first-order valence-electron chi connectivity index (χ1n) is 6.26. The molecule has 0 amide bonds. The summed E-state index contributed by atoms with van der Waals surface area (Å²) in [5.74, 6) is 0.706. The van der Waals surface area contributed by atoms with Crippen molar-refractivity contribution in [3.05, 3.63) is 0 Å². The molecule has 0 aromatic heterocycles. The number of hydrogen-bond donors (Lipinski definition) is 0. The first-order valence-corrected chi connectivity index (χ1v) is 8.08. The van der Waals surface area contributed by atoms with Gasteiger partial charge in [-0.3, -0.25) is 0 Å². The molecule has 4 heteroatoms. The van der Waals surface area contributed by atoms with Crippen LogP contribution in [-0.4, -0.2) is 19.9 Å². The van der Waals surface area contributed by atoms with Crippen LogP contribution in [0.4, 0.5) is 0 Å². The van der Waals surface area contributed by atoms with E-state index in [0.717, 1.165) is 25.7 Å². The van der Waals surface area contributed by atoms with Gasteiger partial charge in [-0.2, -0.15) is 5.26 Å². The van der Waals surface area contributed by atoms with Crippen LogP contribution in [-0.2, 0) is 9.84 Å². The average molecular weight is 255 g/mol. The maximum absolute atomic E-state index is 11.3. The lowest BCUT2D eigenvalue weighted by Gasteiger charge is -2.52. The second-order valence-electron chi connectivity index (χ2n) is 6.98. The Morgan fingerprint density at radius 1 is 1.06 bits per heavy atom. The van der Waals surface area contributed by atoms with Crippen molar-refractivity contribution < 1.29 is 8.42 Å². The summed E-state index contributed by atoms with van der Waals surface area (Å²) in [4.78, 5) is 0. The van der Waals surface area contributed by atoms with E-state index in [1.54, 1.807) is 0 Å². The minimum Gasteiger partial charge on any atom is -0.229 e. The van der Waals surface area contributed by atoms with Crippen LogP contribution in [0.5, 0.6) is 0 Å². The largest absolute Gasteiger partial charge is 0.229 e. The highest BCUT2D eigenvalue weighted by Gasteiger charge is 2.55. The summed E-state index contributed by atoms with van der Waals surface area (Å²) in [7, 11) is -2.75. The molecule has 3 nitrogen and oxygen atoms in total. The van der Waals surface area contributed by atoms with Crippen LogP contribution >= 0.6 is 0 Å². The standard InChI is InChI=1S/C13H21NO2S/c1-11(2,3)13(8-14)6-4-12(5-7-13)9-17(15,16)10-12/h4-7,9-10H2,1-3H3. The molecule has 0 bridgehead atoms. The second kappa shape index (κ2) is 3.47. The molecule has 0 N–H and O–H groups in total. The zero-order valence-electron chi connectivity index (χ0n) is 10.9. The highest BCUT2D eigenvalue weighted by molar-refractivity contribution is 7.92. The van der Waals surface area contributed by atoms with Crippen molar-refractivity contribution in [2.45, 2.75) is 46.5 Å². The highest BCUT2D eigenvalue weighted by atomic mass is 32.2. The average Bonchev–Trinajstić information content (AvgIpc) is 2.14. The Hall–Kier alpha value is -0.560. The van der Waals surface area contributed by atoms with E-state index in [0.29, 0.717) is 11.5 Å². The van der Waals surface area contributed by atoms with Crippen LogP contribution in [0.15, 0.2) is 0 Å². The predicted octanol–water partition coefficient (Wildman–Crippen LogP) is 2.53. The molecule has 1 spiro atoms. The van der Waals surface area contributed by atoms with Crippen molar-refractivity contribution in [1.82, 2.24) is 0 Å². The van der Waals surface area contributed by atoms with Gasteiger partial charge in [0.25, 0.3) is 0 Å². The summed E-state index contributed by atoms with van der Waals surface area (Å²) < 4.78 is 22.6. The maximum Gasteiger partial charge on any atom is 0.151 e. The lowest BCUT2D eigenvalue weighted by Crippen LogP contribution is -2.53. The zero-order chi connectivity index (χ0) is 12.9. The van der Waals surface area contributed by atoms with Gasteiger partial charge < -0.3 is 0 Å². The fourth-order valence-electron chi connectivity index (χ4n) is 3.42. The van der Waals surface area contributed by atoms with Crippen molar-refractivity contribution in [2.24, 2.45) is 16.2 Å². The highest BCUT2D eigenvalue weighted by Crippen LogP contribution is 2.56. The molecule has 1 heterocycles. The molecule has 1 aliphatic carbocycles.